The van der Waals surface area contributed by atoms with Crippen molar-refractivity contribution < 1.29 is 5.11 Å². The minimum atomic E-state index is -0.627. The van der Waals surface area contributed by atoms with Gasteiger partial charge in [0.2, 0.25) is 0 Å². The molecular formula is C14H26N2OS. The third-order valence-corrected chi connectivity index (χ3v) is 4.21. The Labute approximate surface area is 115 Å². The van der Waals surface area contributed by atoms with E-state index in [1.54, 1.807) is 11.3 Å². The van der Waals surface area contributed by atoms with Gasteiger partial charge in [0, 0.05) is 23.7 Å². The monoisotopic (exact) mass is 270 g/mol. The Balaban J connectivity index is 2.39. The molecule has 1 aromatic heterocycles. The molecule has 0 spiro atoms. The molecular weight excluding hydrogens is 244 g/mol. The maximum Gasteiger partial charge on any atom is 0.0897 e. The van der Waals surface area contributed by atoms with E-state index in [0.717, 1.165) is 17.8 Å². The fourth-order valence-corrected chi connectivity index (χ4v) is 2.55. The van der Waals surface area contributed by atoms with Crippen molar-refractivity contribution in [3.63, 3.8) is 0 Å². The quantitative estimate of drug-likeness (QED) is 0.799. The number of aromatic nitrogens is 1. The predicted octanol–water partition coefficient (Wildman–Crippen LogP) is 3.29. The van der Waals surface area contributed by atoms with Gasteiger partial charge in [-0.3, -0.25) is 0 Å². The van der Waals surface area contributed by atoms with Crippen LogP contribution >= 0.6 is 11.3 Å². The maximum atomic E-state index is 10.3. The lowest BCUT2D eigenvalue weighted by molar-refractivity contribution is 0.0431. The molecule has 0 bridgehead atoms. The van der Waals surface area contributed by atoms with E-state index in [9.17, 15) is 5.11 Å². The molecule has 4 heteroatoms. The van der Waals surface area contributed by atoms with Crippen molar-refractivity contribution in [1.29, 1.82) is 0 Å². The van der Waals surface area contributed by atoms with Gasteiger partial charge in [0.25, 0.3) is 0 Å². The van der Waals surface area contributed by atoms with Gasteiger partial charge in [0.05, 0.1) is 10.6 Å². The van der Waals surface area contributed by atoms with Gasteiger partial charge in [-0.1, -0.05) is 13.8 Å². The van der Waals surface area contributed by atoms with Crippen LogP contribution in [0, 0.1) is 12.8 Å². The van der Waals surface area contributed by atoms with E-state index in [4.69, 9.17) is 0 Å². The molecule has 2 N–H and O–H groups in total. The van der Waals surface area contributed by atoms with E-state index < -0.39 is 5.60 Å². The molecule has 2 atom stereocenters. The molecule has 2 unspecified atom stereocenters. The molecule has 0 radical (unpaired) electrons. The van der Waals surface area contributed by atoms with Crippen LogP contribution in [0.4, 0.5) is 0 Å². The summed E-state index contributed by atoms with van der Waals surface area (Å²) in [5, 5.41) is 14.8. The zero-order chi connectivity index (χ0) is 13.8. The van der Waals surface area contributed by atoms with Crippen molar-refractivity contribution >= 4 is 11.3 Å². The Morgan fingerprint density at radius 2 is 2.11 bits per heavy atom. The summed E-state index contributed by atoms with van der Waals surface area (Å²) >= 11 is 1.71. The van der Waals surface area contributed by atoms with Gasteiger partial charge >= 0.3 is 0 Å². The van der Waals surface area contributed by atoms with Crippen molar-refractivity contribution in [1.82, 2.24) is 10.3 Å². The second-order valence-electron chi connectivity index (χ2n) is 5.81. The molecule has 0 aliphatic rings. The Kier molecular flexibility index (Phi) is 5.76. The summed E-state index contributed by atoms with van der Waals surface area (Å²) in [4.78, 5) is 5.49. The van der Waals surface area contributed by atoms with Gasteiger partial charge in [-0.25, -0.2) is 4.98 Å². The van der Waals surface area contributed by atoms with E-state index in [1.165, 1.54) is 4.88 Å². The molecule has 3 nitrogen and oxygen atoms in total. The Morgan fingerprint density at radius 3 is 2.61 bits per heavy atom. The largest absolute Gasteiger partial charge is 0.389 e. The highest BCUT2D eigenvalue weighted by Crippen LogP contribution is 2.21. The van der Waals surface area contributed by atoms with Crippen LogP contribution in [-0.4, -0.2) is 22.2 Å². The second kappa shape index (κ2) is 6.64. The Bertz CT molecular complexity index is 360. The molecule has 18 heavy (non-hydrogen) atoms. The molecule has 0 aromatic carbocycles. The summed E-state index contributed by atoms with van der Waals surface area (Å²) in [5.74, 6) is 0.637. The molecule has 0 amide bonds. The first kappa shape index (κ1) is 15.6. The fraction of sp³-hybridized carbons (Fsp3) is 0.786. The zero-order valence-corrected chi connectivity index (χ0v) is 13.0. The van der Waals surface area contributed by atoms with Crippen molar-refractivity contribution in [2.24, 2.45) is 5.92 Å². The predicted molar refractivity (Wildman–Crippen MR) is 78.0 cm³/mol. The van der Waals surface area contributed by atoms with Crippen LogP contribution < -0.4 is 5.32 Å². The van der Waals surface area contributed by atoms with E-state index in [1.807, 2.05) is 20.0 Å². The number of hydrogen-bond donors (Lipinski definition) is 2. The summed E-state index contributed by atoms with van der Waals surface area (Å²) in [7, 11) is 0. The number of nitrogens with zero attached hydrogens (tertiary/aromatic N) is 1. The van der Waals surface area contributed by atoms with E-state index in [-0.39, 0.29) is 6.04 Å². The van der Waals surface area contributed by atoms with Crippen LogP contribution in [-0.2, 0) is 0 Å². The van der Waals surface area contributed by atoms with Gasteiger partial charge in [0.15, 0.2) is 0 Å². The maximum absolute atomic E-state index is 10.3. The van der Waals surface area contributed by atoms with Crippen LogP contribution in [0.1, 0.15) is 56.5 Å². The van der Waals surface area contributed by atoms with Crippen LogP contribution in [0.2, 0.25) is 0 Å². The highest BCUT2D eigenvalue weighted by atomic mass is 32.1. The number of aryl methyl sites for hydroxylation is 1. The molecule has 1 heterocycles. The Hall–Kier alpha value is -0.450. The van der Waals surface area contributed by atoms with Crippen molar-refractivity contribution in [3.05, 3.63) is 16.1 Å². The first-order valence-electron chi connectivity index (χ1n) is 6.68. The SMILES string of the molecule is Cc1ncc(C(C)NCC(C)(O)CCC(C)C)s1. The van der Waals surface area contributed by atoms with E-state index in [0.29, 0.717) is 12.5 Å². The second-order valence-corrected chi connectivity index (χ2v) is 7.08. The van der Waals surface area contributed by atoms with E-state index >= 15 is 0 Å². The molecule has 1 aromatic rings. The number of aliphatic hydroxyl groups is 1. The smallest absolute Gasteiger partial charge is 0.0897 e. The summed E-state index contributed by atoms with van der Waals surface area (Å²) in [6.45, 7) is 11.0. The van der Waals surface area contributed by atoms with Crippen molar-refractivity contribution in [3.8, 4) is 0 Å². The Morgan fingerprint density at radius 1 is 1.44 bits per heavy atom. The van der Waals surface area contributed by atoms with Crippen LogP contribution in [0.15, 0.2) is 6.20 Å². The van der Waals surface area contributed by atoms with Crippen LogP contribution in [0.5, 0.6) is 0 Å². The number of hydrogen-bond acceptors (Lipinski definition) is 4. The van der Waals surface area contributed by atoms with Gasteiger partial charge in [-0.2, -0.15) is 0 Å². The molecule has 104 valence electrons. The third kappa shape index (κ3) is 5.46. The number of rotatable bonds is 7. The normalized spacial score (nSPS) is 16.8. The first-order chi connectivity index (χ1) is 8.30. The standard InChI is InChI=1S/C14H26N2OS/c1-10(2)6-7-14(5,17)9-16-11(3)13-8-15-12(4)18-13/h8,10-11,16-17H,6-7,9H2,1-5H3. The molecule has 1 rings (SSSR count). The van der Waals surface area contributed by atoms with E-state index in [2.05, 4.69) is 31.1 Å². The summed E-state index contributed by atoms with van der Waals surface area (Å²) < 4.78 is 0. The summed E-state index contributed by atoms with van der Waals surface area (Å²) in [5.41, 5.74) is -0.627. The zero-order valence-electron chi connectivity index (χ0n) is 12.2. The number of thiazole rings is 1. The average molecular weight is 270 g/mol. The minimum absolute atomic E-state index is 0.252. The minimum Gasteiger partial charge on any atom is -0.389 e. The van der Waals surface area contributed by atoms with Gasteiger partial charge in [0.1, 0.15) is 0 Å². The molecule has 0 aliphatic heterocycles. The van der Waals surface area contributed by atoms with Crippen LogP contribution in [0.25, 0.3) is 0 Å². The topological polar surface area (TPSA) is 45.2 Å². The lowest BCUT2D eigenvalue weighted by Gasteiger charge is -2.26. The molecule has 0 saturated heterocycles. The lowest BCUT2D eigenvalue weighted by Crippen LogP contribution is -2.38. The molecule has 0 fully saturated rings. The highest BCUT2D eigenvalue weighted by molar-refractivity contribution is 7.11. The van der Waals surface area contributed by atoms with Crippen molar-refractivity contribution in [2.45, 2.75) is 59.1 Å². The average Bonchev–Trinajstić information content (AvgIpc) is 2.70. The first-order valence-corrected chi connectivity index (χ1v) is 7.50. The fourth-order valence-electron chi connectivity index (χ4n) is 1.74. The lowest BCUT2D eigenvalue weighted by atomic mass is 9.95. The van der Waals surface area contributed by atoms with Gasteiger partial charge in [-0.05, 0) is 39.5 Å². The van der Waals surface area contributed by atoms with Crippen molar-refractivity contribution in [2.75, 3.05) is 6.54 Å². The molecule has 0 aliphatic carbocycles. The summed E-state index contributed by atoms with van der Waals surface area (Å²) in [6, 6.07) is 0.252. The summed E-state index contributed by atoms with van der Waals surface area (Å²) in [6.07, 6.45) is 3.81. The third-order valence-electron chi connectivity index (χ3n) is 3.12. The van der Waals surface area contributed by atoms with Crippen LogP contribution in [0.3, 0.4) is 0 Å². The molecule has 0 saturated carbocycles. The van der Waals surface area contributed by atoms with Gasteiger partial charge in [-0.15, -0.1) is 11.3 Å². The van der Waals surface area contributed by atoms with Gasteiger partial charge < -0.3 is 10.4 Å². The highest BCUT2D eigenvalue weighted by Gasteiger charge is 2.21. The number of nitrogens with one attached hydrogen (secondary N) is 1.